The Morgan fingerprint density at radius 3 is 2.64 bits per heavy atom. The molecule has 9 heteroatoms. The number of rotatable bonds is 10. The van der Waals surface area contributed by atoms with Crippen LogP contribution >= 0.6 is 27.7 Å². The SMILES string of the molecule is C=CCN(C(=O)C1N([C@@H](CO)Cc2ccccc2)C(=O)[C@@H]2[C@@H](C(=O)OCC)[C@@H]3SC12CC3Br)C(C)C. The Morgan fingerprint density at radius 2 is 2.06 bits per heavy atom. The fraction of sp³-hybridized carbons (Fsp3) is 0.593. The van der Waals surface area contributed by atoms with Crippen LogP contribution in [0.25, 0.3) is 0 Å². The maximum atomic E-state index is 14.3. The number of alkyl halides is 1. The summed E-state index contributed by atoms with van der Waals surface area (Å²) in [6, 6.07) is 8.16. The maximum Gasteiger partial charge on any atom is 0.310 e. The van der Waals surface area contributed by atoms with Gasteiger partial charge in [0.05, 0.1) is 35.8 Å². The lowest BCUT2D eigenvalue weighted by atomic mass is 9.71. The lowest BCUT2D eigenvalue weighted by Crippen LogP contribution is -2.59. The first-order valence-electron chi connectivity index (χ1n) is 12.6. The molecule has 0 radical (unpaired) electrons. The molecule has 0 aromatic heterocycles. The topological polar surface area (TPSA) is 87.2 Å². The van der Waals surface area contributed by atoms with Crippen molar-refractivity contribution >= 4 is 45.5 Å². The number of thioether (sulfide) groups is 1. The van der Waals surface area contributed by atoms with E-state index in [0.717, 1.165) is 5.56 Å². The molecule has 3 fully saturated rings. The third kappa shape index (κ3) is 4.41. The number of hydrogen-bond donors (Lipinski definition) is 1. The van der Waals surface area contributed by atoms with Gasteiger partial charge >= 0.3 is 5.97 Å². The van der Waals surface area contributed by atoms with E-state index >= 15 is 0 Å². The van der Waals surface area contributed by atoms with E-state index in [9.17, 15) is 19.5 Å². The number of aliphatic hydroxyl groups is 1. The number of fused-ring (bicyclic) bond motifs is 1. The number of hydrogen-bond acceptors (Lipinski definition) is 6. The van der Waals surface area contributed by atoms with Crippen molar-refractivity contribution in [3.63, 3.8) is 0 Å². The largest absolute Gasteiger partial charge is 0.466 e. The number of esters is 1. The summed E-state index contributed by atoms with van der Waals surface area (Å²) in [7, 11) is 0. The molecule has 3 unspecified atom stereocenters. The van der Waals surface area contributed by atoms with Gasteiger partial charge in [-0.3, -0.25) is 14.4 Å². The van der Waals surface area contributed by atoms with E-state index < -0.39 is 28.7 Å². The predicted molar refractivity (Wildman–Crippen MR) is 144 cm³/mol. The number of carbonyl (C=O) groups excluding carboxylic acids is 3. The molecule has 1 spiro atoms. The fourth-order valence-electron chi connectivity index (χ4n) is 6.24. The maximum absolute atomic E-state index is 14.3. The number of nitrogens with zero attached hydrogens (tertiary/aromatic N) is 2. The van der Waals surface area contributed by atoms with Crippen LogP contribution in [0, 0.1) is 11.8 Å². The lowest BCUT2D eigenvalue weighted by Gasteiger charge is -2.41. The van der Waals surface area contributed by atoms with Gasteiger partial charge in [-0.25, -0.2) is 0 Å². The minimum atomic E-state index is -0.798. The highest BCUT2D eigenvalue weighted by molar-refractivity contribution is 9.09. The van der Waals surface area contributed by atoms with E-state index in [4.69, 9.17) is 4.74 Å². The summed E-state index contributed by atoms with van der Waals surface area (Å²) in [5, 5.41) is 10.4. The van der Waals surface area contributed by atoms with Crippen LogP contribution in [0.15, 0.2) is 43.0 Å². The van der Waals surface area contributed by atoms with Gasteiger partial charge in [-0.1, -0.05) is 52.3 Å². The van der Waals surface area contributed by atoms with Crippen LogP contribution in [0.2, 0.25) is 0 Å². The number of ether oxygens (including phenoxy) is 1. The molecule has 7 nitrogen and oxygen atoms in total. The van der Waals surface area contributed by atoms with Crippen LogP contribution in [0.4, 0.5) is 0 Å². The number of halogens is 1. The number of amides is 2. The van der Waals surface area contributed by atoms with Gasteiger partial charge in [0.2, 0.25) is 11.8 Å². The highest BCUT2D eigenvalue weighted by Gasteiger charge is 2.76. The molecule has 4 rings (SSSR count). The summed E-state index contributed by atoms with van der Waals surface area (Å²) in [6.45, 7) is 9.76. The second-order valence-corrected chi connectivity index (χ2v) is 12.8. The molecule has 3 saturated heterocycles. The Kier molecular flexibility index (Phi) is 8.22. The highest BCUT2D eigenvalue weighted by Crippen LogP contribution is 2.68. The molecular formula is C27H35BrN2O5S. The molecule has 3 aliphatic heterocycles. The molecule has 2 bridgehead atoms. The molecule has 1 aromatic rings. The summed E-state index contributed by atoms with van der Waals surface area (Å²) >= 11 is 5.34. The van der Waals surface area contributed by atoms with Crippen molar-refractivity contribution in [3.05, 3.63) is 48.6 Å². The fourth-order valence-corrected chi connectivity index (χ4v) is 9.82. The van der Waals surface area contributed by atoms with Crippen LogP contribution in [-0.2, 0) is 25.5 Å². The molecule has 0 aliphatic carbocycles. The van der Waals surface area contributed by atoms with Gasteiger partial charge in [-0.15, -0.1) is 18.3 Å². The third-order valence-corrected chi connectivity index (χ3v) is 10.9. The number of aliphatic hydroxyl groups excluding tert-OH is 1. The predicted octanol–water partition coefficient (Wildman–Crippen LogP) is 3.04. The molecule has 3 heterocycles. The van der Waals surface area contributed by atoms with Crippen molar-refractivity contribution in [2.45, 2.75) is 66.6 Å². The van der Waals surface area contributed by atoms with Crippen molar-refractivity contribution in [3.8, 4) is 0 Å². The molecule has 196 valence electrons. The second-order valence-electron chi connectivity index (χ2n) is 10.1. The number of likely N-dealkylation sites (tertiary alicyclic amines) is 1. The Morgan fingerprint density at radius 1 is 1.36 bits per heavy atom. The van der Waals surface area contributed by atoms with Gasteiger partial charge in [0, 0.05) is 22.7 Å². The molecular weight excluding hydrogens is 544 g/mol. The van der Waals surface area contributed by atoms with Gasteiger partial charge in [0.15, 0.2) is 0 Å². The first-order valence-corrected chi connectivity index (χ1v) is 14.4. The van der Waals surface area contributed by atoms with Gasteiger partial charge in [0.25, 0.3) is 0 Å². The van der Waals surface area contributed by atoms with Crippen LogP contribution in [0.3, 0.4) is 0 Å². The molecule has 1 N–H and O–H groups in total. The van der Waals surface area contributed by atoms with Crippen LogP contribution in [0.1, 0.15) is 32.8 Å². The number of carbonyl (C=O) groups is 3. The molecule has 7 atom stereocenters. The highest BCUT2D eigenvalue weighted by atomic mass is 79.9. The first kappa shape index (κ1) is 27.2. The van der Waals surface area contributed by atoms with E-state index in [1.807, 2.05) is 44.2 Å². The van der Waals surface area contributed by atoms with Gasteiger partial charge < -0.3 is 19.6 Å². The standard InChI is InChI=1S/C27H35BrN2O5S/c1-5-12-29(16(3)4)25(33)23-27-14-19(28)22(36-27)20(26(34)35-6-2)21(27)24(32)30(23)18(15-31)13-17-10-8-7-9-11-17/h5,7-11,16,18-23,31H,1,6,12-15H2,2-4H3/t18-,19?,20-,21+,22-,23?,27?/m1/s1. The molecule has 3 aliphatic rings. The monoisotopic (exact) mass is 578 g/mol. The van der Waals surface area contributed by atoms with E-state index in [2.05, 4.69) is 22.5 Å². The minimum Gasteiger partial charge on any atom is -0.466 e. The van der Waals surface area contributed by atoms with Crippen molar-refractivity contribution < 1.29 is 24.2 Å². The summed E-state index contributed by atoms with van der Waals surface area (Å²) in [5.74, 6) is -2.09. The molecule has 0 saturated carbocycles. The van der Waals surface area contributed by atoms with E-state index in [1.54, 1.807) is 34.6 Å². The van der Waals surface area contributed by atoms with Crippen LogP contribution < -0.4 is 0 Å². The average Bonchev–Trinajstić information content (AvgIpc) is 3.44. The summed E-state index contributed by atoms with van der Waals surface area (Å²) in [5.41, 5.74) is 0.967. The molecule has 1 aromatic carbocycles. The smallest absolute Gasteiger partial charge is 0.310 e. The van der Waals surface area contributed by atoms with Crippen LogP contribution in [0.5, 0.6) is 0 Å². The number of benzene rings is 1. The Labute approximate surface area is 225 Å². The zero-order chi connectivity index (χ0) is 26.2. The quantitative estimate of drug-likeness (QED) is 0.261. The van der Waals surface area contributed by atoms with Crippen LogP contribution in [-0.4, -0.2) is 85.4 Å². The summed E-state index contributed by atoms with van der Waals surface area (Å²) < 4.78 is 4.64. The minimum absolute atomic E-state index is 0.0233. The zero-order valence-electron chi connectivity index (χ0n) is 21.0. The Bertz CT molecular complexity index is 1010. The van der Waals surface area contributed by atoms with Gasteiger partial charge in [-0.05, 0) is 39.2 Å². The van der Waals surface area contributed by atoms with E-state index in [-0.39, 0.29) is 47.1 Å². The van der Waals surface area contributed by atoms with Crippen molar-refractivity contribution in [1.82, 2.24) is 9.80 Å². The summed E-state index contributed by atoms with van der Waals surface area (Å²) in [6.07, 6.45) is 2.69. The average molecular weight is 580 g/mol. The van der Waals surface area contributed by atoms with Crippen molar-refractivity contribution in [2.24, 2.45) is 11.8 Å². The third-order valence-electron chi connectivity index (χ3n) is 7.67. The normalized spacial score (nSPS) is 31.4. The van der Waals surface area contributed by atoms with Crippen molar-refractivity contribution in [2.75, 3.05) is 19.8 Å². The summed E-state index contributed by atoms with van der Waals surface area (Å²) in [4.78, 5) is 45.0. The molecule has 36 heavy (non-hydrogen) atoms. The van der Waals surface area contributed by atoms with E-state index in [0.29, 0.717) is 19.4 Å². The Hall–Kier alpha value is -1.84. The second kappa shape index (κ2) is 10.9. The lowest BCUT2D eigenvalue weighted by molar-refractivity contribution is -0.154. The van der Waals surface area contributed by atoms with Crippen molar-refractivity contribution in [1.29, 1.82) is 0 Å². The zero-order valence-corrected chi connectivity index (χ0v) is 23.4. The molecule has 2 amide bonds. The Balaban J connectivity index is 1.82. The van der Waals surface area contributed by atoms with Gasteiger partial charge in [0.1, 0.15) is 6.04 Å². The van der Waals surface area contributed by atoms with E-state index in [1.165, 1.54) is 0 Å². The first-order chi connectivity index (χ1) is 17.2. The van der Waals surface area contributed by atoms with Gasteiger partial charge in [-0.2, -0.15) is 0 Å².